The van der Waals surface area contributed by atoms with E-state index >= 15 is 0 Å². The van der Waals surface area contributed by atoms with Crippen molar-refractivity contribution < 1.29 is 9.52 Å². The molecule has 5 heteroatoms. The third kappa shape index (κ3) is 1.61. The van der Waals surface area contributed by atoms with Gasteiger partial charge in [-0.15, -0.1) is 21.5 Å². The van der Waals surface area contributed by atoms with E-state index in [4.69, 9.17) is 9.52 Å². The van der Waals surface area contributed by atoms with Crippen LogP contribution in [0.3, 0.4) is 0 Å². The van der Waals surface area contributed by atoms with Crippen molar-refractivity contribution in [1.82, 2.24) is 10.2 Å². The van der Waals surface area contributed by atoms with Crippen LogP contribution in [0.5, 0.6) is 0 Å². The lowest BCUT2D eigenvalue weighted by Crippen LogP contribution is -1.89. The Balaban J connectivity index is 2.33. The minimum absolute atomic E-state index is 0.253. The first-order valence-corrected chi connectivity index (χ1v) is 4.70. The fraction of sp³-hybridized carbons (Fsp3) is 0.250. The molecule has 4 nitrogen and oxygen atoms in total. The van der Waals surface area contributed by atoms with Crippen molar-refractivity contribution in [2.45, 2.75) is 13.0 Å². The molecular formula is C8H8N2O2S. The Morgan fingerprint density at radius 1 is 1.54 bits per heavy atom. The van der Waals surface area contributed by atoms with Gasteiger partial charge in [0, 0.05) is 0 Å². The Morgan fingerprint density at radius 2 is 2.38 bits per heavy atom. The van der Waals surface area contributed by atoms with Gasteiger partial charge < -0.3 is 9.52 Å². The summed E-state index contributed by atoms with van der Waals surface area (Å²) < 4.78 is 5.23. The maximum absolute atomic E-state index is 9.14. The van der Waals surface area contributed by atoms with Gasteiger partial charge in [-0.3, -0.25) is 0 Å². The van der Waals surface area contributed by atoms with E-state index < -0.39 is 6.10 Å². The minimum Gasteiger partial charge on any atom is -0.417 e. The van der Waals surface area contributed by atoms with E-state index in [9.17, 15) is 0 Å². The second-order valence-electron chi connectivity index (χ2n) is 2.60. The van der Waals surface area contributed by atoms with Gasteiger partial charge in [-0.05, 0) is 18.4 Å². The summed E-state index contributed by atoms with van der Waals surface area (Å²) in [5.74, 6) is 0.717. The van der Waals surface area contributed by atoms with E-state index in [1.165, 1.54) is 11.3 Å². The van der Waals surface area contributed by atoms with Crippen LogP contribution in [0.25, 0.3) is 10.8 Å². The zero-order valence-electron chi connectivity index (χ0n) is 6.97. The van der Waals surface area contributed by atoms with Gasteiger partial charge in [-0.1, -0.05) is 6.07 Å². The van der Waals surface area contributed by atoms with E-state index in [1.807, 2.05) is 17.5 Å². The first kappa shape index (κ1) is 8.40. The van der Waals surface area contributed by atoms with Crippen LogP contribution in [0.1, 0.15) is 18.9 Å². The van der Waals surface area contributed by atoms with E-state index in [2.05, 4.69) is 10.2 Å². The highest BCUT2D eigenvalue weighted by molar-refractivity contribution is 7.13. The number of aliphatic hydroxyl groups excluding tert-OH is 1. The number of thiophene rings is 1. The lowest BCUT2D eigenvalue weighted by Gasteiger charge is -1.92. The molecule has 1 N–H and O–H groups in total. The summed E-state index contributed by atoms with van der Waals surface area (Å²) in [6.45, 7) is 1.59. The molecule has 0 bridgehead atoms. The van der Waals surface area contributed by atoms with Crippen molar-refractivity contribution in [2.24, 2.45) is 0 Å². The average Bonchev–Trinajstić information content (AvgIpc) is 2.75. The lowest BCUT2D eigenvalue weighted by molar-refractivity contribution is 0.164. The van der Waals surface area contributed by atoms with Gasteiger partial charge in [0.15, 0.2) is 0 Å². The van der Waals surface area contributed by atoms with Crippen LogP contribution in [-0.2, 0) is 0 Å². The van der Waals surface area contributed by atoms with E-state index in [0.29, 0.717) is 5.89 Å². The lowest BCUT2D eigenvalue weighted by atomic mass is 10.4. The smallest absolute Gasteiger partial charge is 0.257 e. The van der Waals surface area contributed by atoms with Crippen LogP contribution in [0.2, 0.25) is 0 Å². The van der Waals surface area contributed by atoms with Crippen molar-refractivity contribution in [1.29, 1.82) is 0 Å². The molecule has 0 fully saturated rings. The first-order chi connectivity index (χ1) is 6.27. The fourth-order valence-corrected chi connectivity index (χ4v) is 1.55. The van der Waals surface area contributed by atoms with Gasteiger partial charge in [0.2, 0.25) is 5.89 Å². The molecule has 0 aliphatic heterocycles. The monoisotopic (exact) mass is 196 g/mol. The number of aromatic nitrogens is 2. The molecule has 68 valence electrons. The Bertz CT molecular complexity index is 381. The summed E-state index contributed by atoms with van der Waals surface area (Å²) >= 11 is 1.52. The SMILES string of the molecule is CC(O)c1nnc(-c2cccs2)o1. The zero-order chi connectivity index (χ0) is 9.26. The van der Waals surface area contributed by atoms with Crippen molar-refractivity contribution in [3.8, 4) is 10.8 Å². The summed E-state index contributed by atoms with van der Waals surface area (Å²) in [5, 5.41) is 18.6. The second kappa shape index (κ2) is 3.27. The molecule has 2 heterocycles. The summed E-state index contributed by atoms with van der Waals surface area (Å²) in [7, 11) is 0. The van der Waals surface area contributed by atoms with Crippen LogP contribution in [0, 0.1) is 0 Å². The van der Waals surface area contributed by atoms with Crippen LogP contribution < -0.4 is 0 Å². The predicted molar refractivity (Wildman–Crippen MR) is 48.2 cm³/mol. The van der Waals surface area contributed by atoms with Gasteiger partial charge in [0.1, 0.15) is 6.10 Å². The highest BCUT2D eigenvalue weighted by Gasteiger charge is 2.12. The maximum Gasteiger partial charge on any atom is 0.257 e. The third-order valence-corrected chi connectivity index (χ3v) is 2.39. The van der Waals surface area contributed by atoms with Gasteiger partial charge in [-0.2, -0.15) is 0 Å². The number of rotatable bonds is 2. The summed E-state index contributed by atoms with van der Waals surface area (Å²) in [6.07, 6.45) is -0.707. The molecular weight excluding hydrogens is 188 g/mol. The van der Waals surface area contributed by atoms with E-state index in [-0.39, 0.29) is 5.89 Å². The van der Waals surface area contributed by atoms with Crippen molar-refractivity contribution >= 4 is 11.3 Å². The zero-order valence-corrected chi connectivity index (χ0v) is 7.78. The van der Waals surface area contributed by atoms with E-state index in [1.54, 1.807) is 6.92 Å². The van der Waals surface area contributed by atoms with E-state index in [0.717, 1.165) is 4.88 Å². The predicted octanol–water partition coefficient (Wildman–Crippen LogP) is 1.85. The summed E-state index contributed by atoms with van der Waals surface area (Å²) in [4.78, 5) is 0.916. The van der Waals surface area contributed by atoms with Crippen molar-refractivity contribution in [2.75, 3.05) is 0 Å². The van der Waals surface area contributed by atoms with Crippen LogP contribution in [-0.4, -0.2) is 15.3 Å². The molecule has 1 atom stereocenters. The largest absolute Gasteiger partial charge is 0.417 e. The van der Waals surface area contributed by atoms with Gasteiger partial charge >= 0.3 is 0 Å². The van der Waals surface area contributed by atoms with Crippen LogP contribution >= 0.6 is 11.3 Å². The van der Waals surface area contributed by atoms with Gasteiger partial charge in [0.05, 0.1) is 4.88 Å². The summed E-state index contributed by atoms with van der Waals surface area (Å²) in [6, 6.07) is 3.80. The van der Waals surface area contributed by atoms with Gasteiger partial charge in [0.25, 0.3) is 5.89 Å². The Hall–Kier alpha value is -1.20. The molecule has 0 spiro atoms. The third-order valence-electron chi connectivity index (χ3n) is 1.53. The standard InChI is InChI=1S/C8H8N2O2S/c1-5(11)7-9-10-8(12-7)6-3-2-4-13-6/h2-5,11H,1H3. The highest BCUT2D eigenvalue weighted by Crippen LogP contribution is 2.24. The minimum atomic E-state index is -0.707. The molecule has 0 aliphatic carbocycles. The summed E-state index contributed by atoms with van der Waals surface area (Å²) in [5.41, 5.74) is 0. The molecule has 0 saturated carbocycles. The molecule has 2 aromatic heterocycles. The fourth-order valence-electron chi connectivity index (χ4n) is 0.903. The molecule has 2 rings (SSSR count). The highest BCUT2D eigenvalue weighted by atomic mass is 32.1. The maximum atomic E-state index is 9.14. The topological polar surface area (TPSA) is 59.2 Å². The number of nitrogens with zero attached hydrogens (tertiary/aromatic N) is 2. The van der Waals surface area contributed by atoms with Gasteiger partial charge in [-0.25, -0.2) is 0 Å². The molecule has 0 aromatic carbocycles. The molecule has 0 radical (unpaired) electrons. The molecule has 0 aliphatic rings. The quantitative estimate of drug-likeness (QED) is 0.796. The van der Waals surface area contributed by atoms with Crippen molar-refractivity contribution in [3.63, 3.8) is 0 Å². The van der Waals surface area contributed by atoms with Crippen LogP contribution in [0.15, 0.2) is 21.9 Å². The number of aliphatic hydroxyl groups is 1. The number of hydrogen-bond donors (Lipinski definition) is 1. The molecule has 2 aromatic rings. The average molecular weight is 196 g/mol. The molecule has 0 saturated heterocycles. The molecule has 13 heavy (non-hydrogen) atoms. The first-order valence-electron chi connectivity index (χ1n) is 3.82. The normalized spacial score (nSPS) is 13.1. The number of hydrogen-bond acceptors (Lipinski definition) is 5. The molecule has 1 unspecified atom stereocenters. The Morgan fingerprint density at radius 3 is 2.92 bits per heavy atom. The Labute approximate surface area is 78.9 Å². The van der Waals surface area contributed by atoms with Crippen molar-refractivity contribution in [3.05, 3.63) is 23.4 Å². The van der Waals surface area contributed by atoms with Crippen LogP contribution in [0.4, 0.5) is 0 Å². The Kier molecular flexibility index (Phi) is 2.12. The molecule has 0 amide bonds. The second-order valence-corrected chi connectivity index (χ2v) is 3.55.